The minimum absolute atomic E-state index is 0.00533. The van der Waals surface area contributed by atoms with Crippen LogP contribution in [0, 0.1) is 17.3 Å². The summed E-state index contributed by atoms with van der Waals surface area (Å²) in [7, 11) is -3.89. The number of carbonyl (C=O) groups excluding carboxylic acids is 1. The number of carboxylic acid groups (broad SMARTS) is 1. The van der Waals surface area contributed by atoms with Crippen LogP contribution in [0.3, 0.4) is 0 Å². The Labute approximate surface area is 214 Å². The molecule has 0 aliphatic rings. The standard InChI is InChI=1S/C27H38N2O6S/c1-19(2)17-29(36(34,35)22-14-10-7-11-15-22)18-24(30)23(16-21-12-8-6-9-13-21)28-25(31)20(3)27(4,5)26(32)33/h6-15,19-20,23-24,30H,16-18H2,1-5H3,(H,28,31)(H,32,33)/t20-,23-,24+/m0/s1. The fourth-order valence-electron chi connectivity index (χ4n) is 3.73. The first-order chi connectivity index (χ1) is 16.8. The van der Waals surface area contributed by atoms with Gasteiger partial charge in [-0.3, -0.25) is 9.59 Å². The largest absolute Gasteiger partial charge is 0.481 e. The highest BCUT2D eigenvalue weighted by atomic mass is 32.2. The summed E-state index contributed by atoms with van der Waals surface area (Å²) in [6.45, 7) is 8.20. The van der Waals surface area contributed by atoms with Gasteiger partial charge < -0.3 is 15.5 Å². The van der Waals surface area contributed by atoms with Gasteiger partial charge in [0.25, 0.3) is 0 Å². The van der Waals surface area contributed by atoms with E-state index in [1.165, 1.54) is 37.2 Å². The van der Waals surface area contributed by atoms with Crippen molar-refractivity contribution in [2.45, 2.75) is 58.1 Å². The highest BCUT2D eigenvalue weighted by Crippen LogP contribution is 2.27. The Morgan fingerprint density at radius 3 is 1.97 bits per heavy atom. The van der Waals surface area contributed by atoms with Crippen LogP contribution in [-0.2, 0) is 26.0 Å². The molecule has 36 heavy (non-hydrogen) atoms. The summed E-state index contributed by atoms with van der Waals surface area (Å²) < 4.78 is 28.0. The van der Waals surface area contributed by atoms with Crippen molar-refractivity contribution in [1.29, 1.82) is 0 Å². The summed E-state index contributed by atoms with van der Waals surface area (Å²) >= 11 is 0. The lowest BCUT2D eigenvalue weighted by molar-refractivity contribution is -0.153. The summed E-state index contributed by atoms with van der Waals surface area (Å²) in [5, 5.41) is 23.6. The molecule has 2 rings (SSSR count). The van der Waals surface area contributed by atoms with E-state index in [9.17, 15) is 28.2 Å². The SMILES string of the molecule is CC(C)CN(C[C@@H](O)[C@H](Cc1ccccc1)NC(=O)[C@H](C)C(C)(C)C(=O)O)S(=O)(=O)c1ccccc1. The van der Waals surface area contributed by atoms with Crippen LogP contribution in [0.2, 0.25) is 0 Å². The molecule has 0 spiro atoms. The van der Waals surface area contributed by atoms with Gasteiger partial charge in [-0.15, -0.1) is 0 Å². The average molecular weight is 519 g/mol. The van der Waals surface area contributed by atoms with Gasteiger partial charge in [0.2, 0.25) is 15.9 Å². The number of hydrogen-bond donors (Lipinski definition) is 3. The minimum atomic E-state index is -3.89. The zero-order chi connectivity index (χ0) is 27.1. The topological polar surface area (TPSA) is 124 Å². The lowest BCUT2D eigenvalue weighted by atomic mass is 9.79. The number of rotatable bonds is 13. The average Bonchev–Trinajstić information content (AvgIpc) is 2.83. The molecule has 9 heteroatoms. The molecule has 0 saturated carbocycles. The second-order valence-electron chi connectivity index (χ2n) is 10.1. The van der Waals surface area contributed by atoms with E-state index in [-0.39, 0.29) is 30.3 Å². The van der Waals surface area contributed by atoms with Gasteiger partial charge >= 0.3 is 5.97 Å². The summed E-state index contributed by atoms with van der Waals surface area (Å²) in [4.78, 5) is 24.9. The van der Waals surface area contributed by atoms with Gasteiger partial charge in [0.05, 0.1) is 28.4 Å². The van der Waals surface area contributed by atoms with Crippen molar-refractivity contribution < 1.29 is 28.2 Å². The normalized spacial score (nSPS) is 14.9. The Bertz CT molecular complexity index is 1100. The van der Waals surface area contributed by atoms with Gasteiger partial charge in [-0.1, -0.05) is 69.3 Å². The van der Waals surface area contributed by atoms with E-state index in [0.29, 0.717) is 0 Å². The molecule has 3 atom stereocenters. The highest BCUT2D eigenvalue weighted by Gasteiger charge is 2.40. The van der Waals surface area contributed by atoms with Crippen molar-refractivity contribution in [3.63, 3.8) is 0 Å². The lowest BCUT2D eigenvalue weighted by Gasteiger charge is -2.33. The fraction of sp³-hybridized carbons (Fsp3) is 0.481. The zero-order valence-corrected chi connectivity index (χ0v) is 22.4. The number of aliphatic carboxylic acids is 1. The van der Waals surface area contributed by atoms with Crippen LogP contribution in [0.25, 0.3) is 0 Å². The number of sulfonamides is 1. The Kier molecular flexibility index (Phi) is 10.2. The molecular weight excluding hydrogens is 480 g/mol. The number of nitrogens with one attached hydrogen (secondary N) is 1. The quantitative estimate of drug-likeness (QED) is 0.374. The molecule has 2 aromatic carbocycles. The molecule has 3 N–H and O–H groups in total. The van der Waals surface area contributed by atoms with E-state index in [1.54, 1.807) is 18.2 Å². The second kappa shape index (κ2) is 12.5. The molecule has 0 aliphatic carbocycles. The molecule has 8 nitrogen and oxygen atoms in total. The smallest absolute Gasteiger partial charge is 0.309 e. The van der Waals surface area contributed by atoms with Gasteiger partial charge in [-0.2, -0.15) is 4.31 Å². The third kappa shape index (κ3) is 7.62. The Morgan fingerprint density at radius 2 is 1.47 bits per heavy atom. The number of carboxylic acids is 1. The van der Waals surface area contributed by atoms with Gasteiger partial charge in [0.1, 0.15) is 0 Å². The zero-order valence-electron chi connectivity index (χ0n) is 21.6. The second-order valence-corrected chi connectivity index (χ2v) is 12.1. The molecule has 0 fully saturated rings. The van der Waals surface area contributed by atoms with Gasteiger partial charge in [-0.05, 0) is 43.9 Å². The number of nitrogens with zero attached hydrogens (tertiary/aromatic N) is 1. The van der Waals surface area contributed by atoms with Crippen LogP contribution < -0.4 is 5.32 Å². The summed E-state index contributed by atoms with van der Waals surface area (Å²) in [5.74, 6) is -2.53. The maximum Gasteiger partial charge on any atom is 0.309 e. The first-order valence-electron chi connectivity index (χ1n) is 12.1. The molecule has 0 unspecified atom stereocenters. The number of amides is 1. The van der Waals surface area contributed by atoms with E-state index in [2.05, 4.69) is 5.32 Å². The predicted molar refractivity (Wildman–Crippen MR) is 139 cm³/mol. The Balaban J connectivity index is 2.35. The first kappa shape index (κ1) is 29.5. The third-order valence-corrected chi connectivity index (χ3v) is 8.30. The van der Waals surface area contributed by atoms with Crippen molar-refractivity contribution in [1.82, 2.24) is 9.62 Å². The molecule has 0 saturated heterocycles. The van der Waals surface area contributed by atoms with Crippen molar-refractivity contribution >= 4 is 21.9 Å². The maximum atomic E-state index is 13.4. The first-order valence-corrected chi connectivity index (χ1v) is 13.5. The van der Waals surface area contributed by atoms with Crippen molar-refractivity contribution in [2.75, 3.05) is 13.1 Å². The van der Waals surface area contributed by atoms with Crippen LogP contribution in [0.4, 0.5) is 0 Å². The van der Waals surface area contributed by atoms with E-state index in [4.69, 9.17) is 0 Å². The van der Waals surface area contributed by atoms with E-state index in [1.807, 2.05) is 44.2 Å². The Morgan fingerprint density at radius 1 is 0.944 bits per heavy atom. The van der Waals surface area contributed by atoms with Crippen molar-refractivity contribution in [3.8, 4) is 0 Å². The maximum absolute atomic E-state index is 13.4. The molecule has 0 heterocycles. The monoisotopic (exact) mass is 518 g/mol. The van der Waals surface area contributed by atoms with Crippen LogP contribution in [0.1, 0.15) is 40.2 Å². The predicted octanol–water partition coefficient (Wildman–Crippen LogP) is 3.17. The molecule has 2 aromatic rings. The van der Waals surface area contributed by atoms with Crippen LogP contribution in [0.15, 0.2) is 65.6 Å². The van der Waals surface area contributed by atoms with Gasteiger partial charge in [-0.25, -0.2) is 8.42 Å². The van der Waals surface area contributed by atoms with Crippen LogP contribution >= 0.6 is 0 Å². The fourth-order valence-corrected chi connectivity index (χ4v) is 5.37. The molecule has 198 valence electrons. The highest BCUT2D eigenvalue weighted by molar-refractivity contribution is 7.89. The molecule has 0 aliphatic heterocycles. The number of aliphatic hydroxyl groups excluding tert-OH is 1. The minimum Gasteiger partial charge on any atom is -0.481 e. The van der Waals surface area contributed by atoms with E-state index >= 15 is 0 Å². The third-order valence-electron chi connectivity index (χ3n) is 6.46. The number of hydrogen-bond acceptors (Lipinski definition) is 5. The molecule has 0 bridgehead atoms. The molecule has 1 amide bonds. The lowest BCUT2D eigenvalue weighted by Crippen LogP contribution is -2.53. The van der Waals surface area contributed by atoms with E-state index < -0.39 is 45.4 Å². The van der Waals surface area contributed by atoms with Crippen LogP contribution in [0.5, 0.6) is 0 Å². The van der Waals surface area contributed by atoms with Crippen molar-refractivity contribution in [3.05, 3.63) is 66.2 Å². The number of aliphatic hydroxyl groups is 1. The molecule has 0 radical (unpaired) electrons. The molecular formula is C27H38N2O6S. The summed E-state index contributed by atoms with van der Waals surface area (Å²) in [6.07, 6.45) is -0.999. The van der Waals surface area contributed by atoms with Crippen molar-refractivity contribution in [2.24, 2.45) is 17.3 Å². The van der Waals surface area contributed by atoms with Gasteiger partial charge in [0, 0.05) is 13.1 Å². The van der Waals surface area contributed by atoms with Gasteiger partial charge in [0.15, 0.2) is 0 Å². The number of benzene rings is 2. The summed E-state index contributed by atoms with van der Waals surface area (Å²) in [5.41, 5.74) is -0.486. The Hall–Kier alpha value is -2.75. The van der Waals surface area contributed by atoms with E-state index in [0.717, 1.165) is 5.56 Å². The summed E-state index contributed by atoms with van der Waals surface area (Å²) in [6, 6.07) is 16.4. The number of carbonyl (C=O) groups is 2. The molecule has 0 aromatic heterocycles. The van der Waals surface area contributed by atoms with Crippen LogP contribution in [-0.4, -0.2) is 60.0 Å².